The van der Waals surface area contributed by atoms with Crippen LogP contribution in [0.1, 0.15) is 27.0 Å². The number of nitrogens with zero attached hydrogens (tertiary/aromatic N) is 1. The van der Waals surface area contributed by atoms with Crippen LogP contribution < -0.4 is 10.1 Å². The van der Waals surface area contributed by atoms with E-state index in [1.807, 2.05) is 43.3 Å². The van der Waals surface area contributed by atoms with Crippen molar-refractivity contribution in [1.82, 2.24) is 0 Å². The van der Waals surface area contributed by atoms with E-state index < -0.39 is 11.9 Å². The van der Waals surface area contributed by atoms with E-state index >= 15 is 0 Å². The molecule has 3 rings (SSSR count). The molecule has 33 heavy (non-hydrogen) atoms. The fraction of sp³-hybridized carbons (Fsp3) is 0.115. The molecule has 0 aromatic heterocycles. The Hall–Kier alpha value is -3.64. The summed E-state index contributed by atoms with van der Waals surface area (Å²) in [6.07, 6.45) is 1.52. The third-order valence-corrected chi connectivity index (χ3v) is 5.52. The van der Waals surface area contributed by atoms with Gasteiger partial charge in [0.25, 0.3) is 5.91 Å². The molecule has 7 heteroatoms. The van der Waals surface area contributed by atoms with Gasteiger partial charge < -0.3 is 14.8 Å². The monoisotopic (exact) mass is 552 g/mol. The maximum atomic E-state index is 12.5. The highest BCUT2D eigenvalue weighted by atomic mass is 127. The van der Waals surface area contributed by atoms with Gasteiger partial charge in [-0.3, -0.25) is 4.79 Å². The van der Waals surface area contributed by atoms with Crippen LogP contribution in [0.4, 0.5) is 5.69 Å². The first-order valence-electron chi connectivity index (χ1n) is 9.99. The van der Waals surface area contributed by atoms with Crippen molar-refractivity contribution in [3.63, 3.8) is 0 Å². The summed E-state index contributed by atoms with van der Waals surface area (Å²) >= 11 is 2.17. The molecule has 166 valence electrons. The van der Waals surface area contributed by atoms with E-state index in [0.29, 0.717) is 23.4 Å². The van der Waals surface area contributed by atoms with Gasteiger partial charge in [-0.15, -0.1) is 0 Å². The molecule has 1 N–H and O–H groups in total. The molecule has 0 bridgehead atoms. The minimum atomic E-state index is -0.543. The average molecular weight is 552 g/mol. The van der Waals surface area contributed by atoms with E-state index in [0.717, 1.165) is 14.9 Å². The van der Waals surface area contributed by atoms with Crippen molar-refractivity contribution < 1.29 is 19.1 Å². The van der Waals surface area contributed by atoms with Gasteiger partial charge in [0.1, 0.15) is 24.0 Å². The Labute approximate surface area is 206 Å². The number of hydrogen-bond acceptors (Lipinski definition) is 5. The van der Waals surface area contributed by atoms with Gasteiger partial charge in [0.2, 0.25) is 0 Å². The number of halogens is 1. The van der Waals surface area contributed by atoms with Gasteiger partial charge in [0.05, 0.1) is 16.2 Å². The van der Waals surface area contributed by atoms with Gasteiger partial charge >= 0.3 is 5.97 Å². The quantitative estimate of drug-likeness (QED) is 0.181. The van der Waals surface area contributed by atoms with Gasteiger partial charge in [-0.1, -0.05) is 35.9 Å². The molecule has 0 spiro atoms. The Kier molecular flexibility index (Phi) is 8.22. The minimum Gasteiger partial charge on any atom is -0.488 e. The molecule has 6 nitrogen and oxygen atoms in total. The summed E-state index contributed by atoms with van der Waals surface area (Å²) in [5.74, 6) is -0.285. The van der Waals surface area contributed by atoms with Crippen LogP contribution in [0.5, 0.6) is 5.75 Å². The molecule has 0 saturated carbocycles. The number of ether oxygens (including phenoxy) is 2. The van der Waals surface area contributed by atoms with E-state index in [9.17, 15) is 14.9 Å². The Bertz CT molecular complexity index is 1240. The number of hydrogen-bond donors (Lipinski definition) is 1. The summed E-state index contributed by atoms with van der Waals surface area (Å²) in [7, 11) is 1.30. The lowest BCUT2D eigenvalue weighted by atomic mass is 10.1. The molecule has 0 aliphatic rings. The molecule has 0 fully saturated rings. The Balaban J connectivity index is 1.68. The zero-order chi connectivity index (χ0) is 23.8. The van der Waals surface area contributed by atoms with Gasteiger partial charge in [0.15, 0.2) is 0 Å². The van der Waals surface area contributed by atoms with Crippen LogP contribution in [0.3, 0.4) is 0 Å². The van der Waals surface area contributed by atoms with E-state index in [-0.39, 0.29) is 5.57 Å². The first-order valence-corrected chi connectivity index (χ1v) is 11.1. The maximum absolute atomic E-state index is 12.5. The number of amides is 1. The lowest BCUT2D eigenvalue weighted by Gasteiger charge is -2.10. The second kappa shape index (κ2) is 11.3. The van der Waals surface area contributed by atoms with Crippen LogP contribution in [-0.2, 0) is 16.1 Å². The van der Waals surface area contributed by atoms with Crippen molar-refractivity contribution in [1.29, 1.82) is 5.26 Å². The second-order valence-electron chi connectivity index (χ2n) is 7.16. The fourth-order valence-corrected chi connectivity index (χ4v) is 3.70. The maximum Gasteiger partial charge on any atom is 0.337 e. The smallest absolute Gasteiger partial charge is 0.337 e. The Morgan fingerprint density at radius 3 is 2.48 bits per heavy atom. The summed E-state index contributed by atoms with van der Waals surface area (Å²) in [6, 6.07) is 21.7. The zero-order valence-corrected chi connectivity index (χ0v) is 20.3. The van der Waals surface area contributed by atoms with E-state index in [4.69, 9.17) is 4.74 Å². The van der Waals surface area contributed by atoms with Crippen molar-refractivity contribution in [2.75, 3.05) is 12.4 Å². The topological polar surface area (TPSA) is 88.4 Å². The van der Waals surface area contributed by atoms with Crippen LogP contribution in [0.25, 0.3) is 6.08 Å². The molecule has 3 aromatic carbocycles. The average Bonchev–Trinajstić information content (AvgIpc) is 2.82. The largest absolute Gasteiger partial charge is 0.488 e. The normalized spacial score (nSPS) is 10.8. The molecule has 1 amide bonds. The lowest BCUT2D eigenvalue weighted by molar-refractivity contribution is -0.112. The number of rotatable bonds is 7. The van der Waals surface area contributed by atoms with Crippen LogP contribution in [0.15, 0.2) is 72.3 Å². The number of nitrogens with one attached hydrogen (secondary N) is 1. The Morgan fingerprint density at radius 1 is 1.09 bits per heavy atom. The molecule has 3 aromatic rings. The summed E-state index contributed by atoms with van der Waals surface area (Å²) in [6.45, 7) is 2.49. The third-order valence-electron chi connectivity index (χ3n) is 4.67. The van der Waals surface area contributed by atoms with E-state index in [2.05, 4.69) is 38.7 Å². The van der Waals surface area contributed by atoms with Gasteiger partial charge in [0, 0.05) is 5.69 Å². The summed E-state index contributed by atoms with van der Waals surface area (Å²) < 4.78 is 11.4. The van der Waals surface area contributed by atoms with Crippen molar-refractivity contribution in [3.05, 3.63) is 98.1 Å². The molecule has 0 aliphatic heterocycles. The van der Waals surface area contributed by atoms with Crippen LogP contribution in [-0.4, -0.2) is 19.0 Å². The molecule has 0 aliphatic carbocycles. The number of carbonyl (C=O) groups is 2. The lowest BCUT2D eigenvalue weighted by Crippen LogP contribution is -2.13. The number of benzene rings is 3. The predicted molar refractivity (Wildman–Crippen MR) is 135 cm³/mol. The molecule has 0 heterocycles. The Morgan fingerprint density at radius 2 is 1.85 bits per heavy atom. The van der Waals surface area contributed by atoms with Gasteiger partial charge in [-0.25, -0.2) is 4.79 Å². The van der Waals surface area contributed by atoms with Crippen LogP contribution >= 0.6 is 22.6 Å². The highest BCUT2D eigenvalue weighted by Crippen LogP contribution is 2.24. The fourth-order valence-electron chi connectivity index (χ4n) is 3.01. The second-order valence-corrected chi connectivity index (χ2v) is 8.32. The summed E-state index contributed by atoms with van der Waals surface area (Å²) in [5, 5.41) is 12.1. The standard InChI is InChI=1S/C26H21IN2O4/c1-17-4-3-5-19(12-17)16-33-24-11-6-18(14-23(24)27)13-21(15-28)25(30)29-22-9-7-20(8-10-22)26(31)32-2/h3-14H,16H2,1-2H3,(H,29,30)/b21-13+. The highest BCUT2D eigenvalue weighted by molar-refractivity contribution is 14.1. The van der Waals surface area contributed by atoms with Crippen LogP contribution in [0, 0.1) is 21.8 Å². The number of methoxy groups -OCH3 is 1. The van der Waals surface area contributed by atoms with Crippen molar-refractivity contribution in [3.8, 4) is 11.8 Å². The van der Waals surface area contributed by atoms with Crippen molar-refractivity contribution >= 4 is 46.2 Å². The molecular weight excluding hydrogens is 531 g/mol. The predicted octanol–water partition coefficient (Wildman–Crippen LogP) is 5.51. The SMILES string of the molecule is COC(=O)c1ccc(NC(=O)/C(C#N)=C/c2ccc(OCc3cccc(C)c3)c(I)c2)cc1. The minimum absolute atomic E-state index is 0.0451. The first kappa shape index (κ1) is 24.0. The molecular formula is C26H21IN2O4. The summed E-state index contributed by atoms with van der Waals surface area (Å²) in [5.41, 5.74) is 3.74. The number of nitriles is 1. The number of carbonyl (C=O) groups excluding carboxylic acids is 2. The molecule has 0 atom stereocenters. The number of esters is 1. The molecule has 0 unspecified atom stereocenters. The first-order chi connectivity index (χ1) is 15.9. The number of anilines is 1. The van der Waals surface area contributed by atoms with Crippen LogP contribution in [0.2, 0.25) is 0 Å². The highest BCUT2D eigenvalue weighted by Gasteiger charge is 2.12. The molecule has 0 radical (unpaired) electrons. The summed E-state index contributed by atoms with van der Waals surface area (Å²) in [4.78, 5) is 24.1. The molecule has 0 saturated heterocycles. The van der Waals surface area contributed by atoms with Gasteiger partial charge in [-0.05, 0) is 83.1 Å². The number of aryl methyl sites for hydroxylation is 1. The third kappa shape index (κ3) is 6.67. The van der Waals surface area contributed by atoms with Gasteiger partial charge in [-0.2, -0.15) is 5.26 Å². The zero-order valence-electron chi connectivity index (χ0n) is 18.1. The van der Waals surface area contributed by atoms with Crippen molar-refractivity contribution in [2.45, 2.75) is 13.5 Å². The van der Waals surface area contributed by atoms with E-state index in [1.54, 1.807) is 18.2 Å². The van der Waals surface area contributed by atoms with E-state index in [1.165, 1.54) is 30.9 Å². The van der Waals surface area contributed by atoms with Crippen molar-refractivity contribution in [2.24, 2.45) is 0 Å².